The Kier molecular flexibility index (Phi) is 3.14. The Morgan fingerprint density at radius 3 is 2.95 bits per heavy atom. The maximum atomic E-state index is 12.3. The highest BCUT2D eigenvalue weighted by Crippen LogP contribution is 2.39. The largest absolute Gasteiger partial charge is 0.374 e. The van der Waals surface area contributed by atoms with Crippen LogP contribution < -0.4 is 10.2 Å². The molecule has 19 heavy (non-hydrogen) atoms. The van der Waals surface area contributed by atoms with Crippen molar-refractivity contribution in [1.29, 1.82) is 0 Å². The maximum absolute atomic E-state index is 12.3. The fourth-order valence-electron chi connectivity index (χ4n) is 2.89. The van der Waals surface area contributed by atoms with Crippen LogP contribution in [0.25, 0.3) is 0 Å². The number of nitrogens with one attached hydrogen (secondary N) is 1. The average Bonchev–Trinajstić information content (AvgIpc) is 3.01. The smallest absolute Gasteiger partial charge is 0.230 e. The lowest BCUT2D eigenvalue weighted by Gasteiger charge is -2.18. The molecule has 3 heterocycles. The Morgan fingerprint density at radius 1 is 1.47 bits per heavy atom. The van der Waals surface area contributed by atoms with Crippen molar-refractivity contribution in [3.8, 4) is 0 Å². The third-order valence-corrected chi connectivity index (χ3v) is 3.91. The molecule has 102 valence electrons. The van der Waals surface area contributed by atoms with Crippen LogP contribution in [0.5, 0.6) is 0 Å². The molecule has 1 amide bonds. The van der Waals surface area contributed by atoms with E-state index >= 15 is 0 Å². The first kappa shape index (κ1) is 12.4. The zero-order valence-corrected chi connectivity index (χ0v) is 11.3. The summed E-state index contributed by atoms with van der Waals surface area (Å²) >= 11 is 0. The number of hydrogen-bond donors (Lipinski definition) is 1. The second kappa shape index (κ2) is 4.81. The van der Waals surface area contributed by atoms with Gasteiger partial charge in [0, 0.05) is 32.0 Å². The van der Waals surface area contributed by atoms with E-state index in [1.165, 1.54) is 0 Å². The fourth-order valence-corrected chi connectivity index (χ4v) is 2.89. The average molecular weight is 261 g/mol. The molecule has 5 nitrogen and oxygen atoms in total. The van der Waals surface area contributed by atoms with Crippen molar-refractivity contribution in [2.75, 3.05) is 24.3 Å². The third-order valence-electron chi connectivity index (χ3n) is 3.91. The van der Waals surface area contributed by atoms with Gasteiger partial charge in [0.1, 0.15) is 5.82 Å². The quantitative estimate of drug-likeness (QED) is 0.899. The van der Waals surface area contributed by atoms with Gasteiger partial charge in [0.2, 0.25) is 5.91 Å². The van der Waals surface area contributed by atoms with E-state index in [0.29, 0.717) is 6.10 Å². The molecule has 0 aliphatic carbocycles. The molecule has 2 aliphatic rings. The number of hydrogen-bond acceptors (Lipinski definition) is 4. The lowest BCUT2D eigenvalue weighted by molar-refractivity contribution is -0.121. The van der Waals surface area contributed by atoms with Gasteiger partial charge in [0.15, 0.2) is 0 Å². The second-order valence-corrected chi connectivity index (χ2v) is 5.50. The van der Waals surface area contributed by atoms with Crippen LogP contribution in [0.15, 0.2) is 18.3 Å². The standard InChI is InChI=1S/C14H19N3O2/c1-17(2)13-7-9(5-6-15-13)16-14(18)11-8-10-3-4-12(11)19-10/h5-7,10-12H,3-4,8H2,1-2H3,(H,15,16,18)/t10-,11-,12+/m1/s1. The first-order chi connectivity index (χ1) is 9.13. The number of pyridine rings is 1. The van der Waals surface area contributed by atoms with E-state index in [0.717, 1.165) is 30.8 Å². The van der Waals surface area contributed by atoms with Crippen LogP contribution in [0.1, 0.15) is 19.3 Å². The first-order valence-electron chi connectivity index (χ1n) is 6.73. The summed E-state index contributed by atoms with van der Waals surface area (Å²) in [7, 11) is 3.86. The Balaban J connectivity index is 1.68. The van der Waals surface area contributed by atoms with Gasteiger partial charge in [0.05, 0.1) is 18.1 Å². The molecule has 0 radical (unpaired) electrons. The molecule has 0 aromatic carbocycles. The lowest BCUT2D eigenvalue weighted by Crippen LogP contribution is -2.30. The number of fused-ring (bicyclic) bond motifs is 2. The summed E-state index contributed by atoms with van der Waals surface area (Å²) in [6, 6.07) is 3.70. The van der Waals surface area contributed by atoms with Gasteiger partial charge in [-0.1, -0.05) is 0 Å². The maximum Gasteiger partial charge on any atom is 0.230 e. The van der Waals surface area contributed by atoms with Crippen LogP contribution in [-0.4, -0.2) is 37.2 Å². The molecule has 0 spiro atoms. The summed E-state index contributed by atoms with van der Waals surface area (Å²) in [5.41, 5.74) is 0.798. The van der Waals surface area contributed by atoms with Gasteiger partial charge < -0.3 is 15.0 Å². The third kappa shape index (κ3) is 2.42. The highest BCUT2D eigenvalue weighted by molar-refractivity contribution is 5.93. The molecule has 5 heteroatoms. The number of anilines is 2. The van der Waals surface area contributed by atoms with Crippen molar-refractivity contribution in [2.45, 2.75) is 31.5 Å². The zero-order chi connectivity index (χ0) is 13.4. The molecule has 0 unspecified atom stereocenters. The molecule has 3 atom stereocenters. The Morgan fingerprint density at radius 2 is 2.32 bits per heavy atom. The van der Waals surface area contributed by atoms with Gasteiger partial charge in [0.25, 0.3) is 0 Å². The number of carbonyl (C=O) groups excluding carboxylic acids is 1. The van der Waals surface area contributed by atoms with Gasteiger partial charge in [-0.05, 0) is 25.3 Å². The summed E-state index contributed by atoms with van der Waals surface area (Å²) in [6.07, 6.45) is 5.12. The molecule has 2 bridgehead atoms. The minimum Gasteiger partial charge on any atom is -0.374 e. The number of carbonyl (C=O) groups is 1. The Bertz CT molecular complexity index is 489. The van der Waals surface area contributed by atoms with Gasteiger partial charge in [-0.2, -0.15) is 0 Å². The predicted molar refractivity (Wildman–Crippen MR) is 73.2 cm³/mol. The number of rotatable bonds is 3. The van der Waals surface area contributed by atoms with Crippen LogP contribution in [0.2, 0.25) is 0 Å². The Hall–Kier alpha value is -1.62. The molecule has 2 fully saturated rings. The van der Waals surface area contributed by atoms with E-state index < -0.39 is 0 Å². The summed E-state index contributed by atoms with van der Waals surface area (Å²) in [5.74, 6) is 0.917. The minimum absolute atomic E-state index is 0.00900. The van der Waals surface area contributed by atoms with E-state index in [1.54, 1.807) is 6.20 Å². The van der Waals surface area contributed by atoms with E-state index in [1.807, 2.05) is 31.1 Å². The summed E-state index contributed by atoms with van der Waals surface area (Å²) in [5, 5.41) is 2.98. The molecular formula is C14H19N3O2. The number of aromatic nitrogens is 1. The molecule has 1 aromatic heterocycles. The van der Waals surface area contributed by atoms with Crippen molar-refractivity contribution in [2.24, 2.45) is 5.92 Å². The van der Waals surface area contributed by atoms with Crippen molar-refractivity contribution in [3.63, 3.8) is 0 Å². The van der Waals surface area contributed by atoms with Crippen LogP contribution in [0.3, 0.4) is 0 Å². The highest BCUT2D eigenvalue weighted by atomic mass is 16.5. The van der Waals surface area contributed by atoms with Crippen molar-refractivity contribution in [1.82, 2.24) is 4.98 Å². The van der Waals surface area contributed by atoms with Crippen LogP contribution in [0.4, 0.5) is 11.5 Å². The van der Waals surface area contributed by atoms with Gasteiger partial charge in [-0.25, -0.2) is 4.98 Å². The molecular weight excluding hydrogens is 242 g/mol. The SMILES string of the molecule is CN(C)c1cc(NC(=O)[C@@H]2C[C@H]3CC[C@@H]2O3)ccn1. The van der Waals surface area contributed by atoms with Gasteiger partial charge in [-0.15, -0.1) is 0 Å². The second-order valence-electron chi connectivity index (χ2n) is 5.50. The topological polar surface area (TPSA) is 54.5 Å². The summed E-state index contributed by atoms with van der Waals surface area (Å²) < 4.78 is 5.72. The van der Waals surface area contributed by atoms with Crippen LogP contribution in [-0.2, 0) is 9.53 Å². The number of amides is 1. The number of nitrogens with zero attached hydrogens (tertiary/aromatic N) is 2. The highest BCUT2D eigenvalue weighted by Gasteiger charge is 2.44. The Labute approximate surface area is 113 Å². The van der Waals surface area contributed by atoms with Crippen molar-refractivity contribution >= 4 is 17.4 Å². The van der Waals surface area contributed by atoms with E-state index in [4.69, 9.17) is 4.74 Å². The molecule has 1 N–H and O–H groups in total. The zero-order valence-electron chi connectivity index (χ0n) is 11.3. The number of ether oxygens (including phenoxy) is 1. The molecule has 1 aromatic rings. The van der Waals surface area contributed by atoms with Crippen molar-refractivity contribution in [3.05, 3.63) is 18.3 Å². The van der Waals surface area contributed by atoms with E-state index in [9.17, 15) is 4.79 Å². The van der Waals surface area contributed by atoms with Crippen LogP contribution in [0, 0.1) is 5.92 Å². The van der Waals surface area contributed by atoms with Gasteiger partial charge >= 0.3 is 0 Å². The lowest BCUT2D eigenvalue weighted by atomic mass is 9.88. The first-order valence-corrected chi connectivity index (χ1v) is 6.73. The van der Waals surface area contributed by atoms with E-state index in [2.05, 4.69) is 10.3 Å². The monoisotopic (exact) mass is 261 g/mol. The predicted octanol–water partition coefficient (Wildman–Crippen LogP) is 1.65. The minimum atomic E-state index is 0.00900. The molecule has 2 saturated heterocycles. The summed E-state index contributed by atoms with van der Waals surface area (Å²) in [6.45, 7) is 0. The van der Waals surface area contributed by atoms with Crippen LogP contribution >= 0.6 is 0 Å². The fraction of sp³-hybridized carbons (Fsp3) is 0.571. The molecule has 0 saturated carbocycles. The summed E-state index contributed by atoms with van der Waals surface area (Å²) in [4.78, 5) is 18.4. The van der Waals surface area contributed by atoms with Crippen molar-refractivity contribution < 1.29 is 9.53 Å². The molecule has 2 aliphatic heterocycles. The molecule has 3 rings (SSSR count). The van der Waals surface area contributed by atoms with Gasteiger partial charge in [-0.3, -0.25) is 4.79 Å². The normalized spacial score (nSPS) is 28.4. The van der Waals surface area contributed by atoms with E-state index in [-0.39, 0.29) is 17.9 Å².